The molecule has 11 heteroatoms. The summed E-state index contributed by atoms with van der Waals surface area (Å²) in [5.41, 5.74) is 7.83. The van der Waals surface area contributed by atoms with Gasteiger partial charge in [-0.25, -0.2) is 0 Å². The predicted octanol–water partition coefficient (Wildman–Crippen LogP) is 2.93. The van der Waals surface area contributed by atoms with Crippen molar-refractivity contribution in [3.8, 4) is 40.5 Å². The Bertz CT molecular complexity index is 1280. The van der Waals surface area contributed by atoms with Gasteiger partial charge in [-0.15, -0.1) is 5.10 Å². The fourth-order valence-corrected chi connectivity index (χ4v) is 3.65. The van der Waals surface area contributed by atoms with E-state index in [0.717, 1.165) is 0 Å². The number of rotatable bonds is 5. The van der Waals surface area contributed by atoms with Crippen molar-refractivity contribution >= 4 is 5.69 Å². The Balaban J connectivity index is 1.98. The molecular weight excluding hydrogens is 418 g/mol. The maximum Gasteiger partial charge on any atom is 0.270 e. The van der Waals surface area contributed by atoms with Crippen molar-refractivity contribution in [2.75, 3.05) is 14.2 Å². The highest BCUT2D eigenvalue weighted by Crippen LogP contribution is 2.49. The van der Waals surface area contributed by atoms with Gasteiger partial charge >= 0.3 is 0 Å². The van der Waals surface area contributed by atoms with Crippen LogP contribution >= 0.6 is 0 Å². The first kappa shape index (κ1) is 20.5. The smallest absolute Gasteiger partial charge is 0.270 e. The zero-order chi connectivity index (χ0) is 23.0. The first-order valence-electron chi connectivity index (χ1n) is 9.25. The molecule has 0 saturated carbocycles. The molecule has 0 saturated heterocycles. The highest BCUT2D eigenvalue weighted by Gasteiger charge is 2.36. The summed E-state index contributed by atoms with van der Waals surface area (Å²) in [6.45, 7) is 0. The van der Waals surface area contributed by atoms with E-state index in [1.165, 1.54) is 26.4 Å². The summed E-state index contributed by atoms with van der Waals surface area (Å²) in [4.78, 5) is 10.7. The highest BCUT2D eigenvalue weighted by molar-refractivity contribution is 5.73. The number of aromatic amines is 1. The average molecular weight is 435 g/mol. The highest BCUT2D eigenvalue weighted by atomic mass is 16.6. The number of benzene rings is 2. The first-order valence-corrected chi connectivity index (χ1v) is 9.25. The molecule has 1 unspecified atom stereocenters. The molecule has 0 radical (unpaired) electrons. The van der Waals surface area contributed by atoms with Gasteiger partial charge in [0, 0.05) is 17.7 Å². The van der Waals surface area contributed by atoms with Gasteiger partial charge in [0.1, 0.15) is 11.6 Å². The molecule has 2 aromatic carbocycles. The number of nitrogens with one attached hydrogen (secondary N) is 1. The third-order valence-corrected chi connectivity index (χ3v) is 5.12. The second-order valence-corrected chi connectivity index (χ2v) is 6.82. The summed E-state index contributed by atoms with van der Waals surface area (Å²) < 4.78 is 16.1. The SMILES string of the molecule is COc1cc(C2C(C#N)=C(N)Oc3n[nH]c(-c4cccc([N+](=O)[O-])c4)c32)cc(OC)c1O. The quantitative estimate of drug-likeness (QED) is 0.403. The molecule has 1 aliphatic heterocycles. The number of aromatic hydroxyl groups is 1. The normalized spacial score (nSPS) is 14.8. The minimum Gasteiger partial charge on any atom is -0.502 e. The van der Waals surface area contributed by atoms with Crippen LogP contribution in [0.15, 0.2) is 47.9 Å². The molecule has 4 rings (SSSR count). The van der Waals surface area contributed by atoms with Crippen LogP contribution in [0, 0.1) is 21.4 Å². The topological polar surface area (TPSA) is 170 Å². The zero-order valence-electron chi connectivity index (χ0n) is 16.9. The number of nitriles is 1. The van der Waals surface area contributed by atoms with Gasteiger partial charge in [0.25, 0.3) is 5.69 Å². The number of non-ortho nitro benzene ring substituents is 1. The number of methoxy groups -OCH3 is 2. The first-order chi connectivity index (χ1) is 15.4. The maximum atomic E-state index is 11.2. The molecule has 1 atom stereocenters. The number of nitro benzene ring substituents is 1. The molecule has 32 heavy (non-hydrogen) atoms. The van der Waals surface area contributed by atoms with Gasteiger partial charge in [-0.05, 0) is 17.7 Å². The maximum absolute atomic E-state index is 11.2. The monoisotopic (exact) mass is 435 g/mol. The lowest BCUT2D eigenvalue weighted by molar-refractivity contribution is -0.384. The Kier molecular flexibility index (Phi) is 5.04. The molecule has 162 valence electrons. The summed E-state index contributed by atoms with van der Waals surface area (Å²) in [5.74, 6) is -0.729. The number of hydrogen-bond donors (Lipinski definition) is 3. The zero-order valence-corrected chi connectivity index (χ0v) is 16.9. The van der Waals surface area contributed by atoms with Gasteiger partial charge in [0.05, 0.1) is 36.3 Å². The molecule has 3 aromatic rings. The second-order valence-electron chi connectivity index (χ2n) is 6.82. The number of allylic oxidation sites excluding steroid dienone is 1. The standard InChI is InChI=1S/C21H17N5O6/c1-30-14-7-11(8-15(31-2)19(14)27)16-13(9-22)20(23)32-21-17(16)18(24-25-21)10-4-3-5-12(6-10)26(28)29/h3-8,16,27H,23H2,1-2H3,(H,24,25). The third-order valence-electron chi connectivity index (χ3n) is 5.12. The van der Waals surface area contributed by atoms with E-state index >= 15 is 0 Å². The number of hydrogen-bond acceptors (Lipinski definition) is 9. The molecule has 1 aliphatic rings. The fraction of sp³-hybridized carbons (Fsp3) is 0.143. The lowest BCUT2D eigenvalue weighted by atomic mass is 9.82. The van der Waals surface area contributed by atoms with Gasteiger partial charge in [0.2, 0.25) is 17.5 Å². The Morgan fingerprint density at radius 2 is 1.97 bits per heavy atom. The molecule has 0 fully saturated rings. The molecule has 11 nitrogen and oxygen atoms in total. The van der Waals surface area contributed by atoms with Gasteiger partial charge in [-0.3, -0.25) is 15.2 Å². The second kappa shape index (κ2) is 7.84. The number of phenolic OH excluding ortho intramolecular Hbond substituents is 1. The van der Waals surface area contributed by atoms with Crippen molar-refractivity contribution in [3.05, 3.63) is 69.1 Å². The van der Waals surface area contributed by atoms with Crippen molar-refractivity contribution in [3.63, 3.8) is 0 Å². The van der Waals surface area contributed by atoms with E-state index in [1.807, 2.05) is 0 Å². The van der Waals surface area contributed by atoms with Crippen LogP contribution in [0.4, 0.5) is 5.69 Å². The molecule has 0 spiro atoms. The van der Waals surface area contributed by atoms with Crippen molar-refractivity contribution in [2.45, 2.75) is 5.92 Å². The molecule has 4 N–H and O–H groups in total. The number of phenols is 1. The molecular formula is C21H17N5O6. The molecule has 2 heterocycles. The number of H-pyrrole nitrogens is 1. The summed E-state index contributed by atoms with van der Waals surface area (Å²) in [7, 11) is 2.77. The van der Waals surface area contributed by atoms with Crippen LogP contribution in [0.5, 0.6) is 23.1 Å². The largest absolute Gasteiger partial charge is 0.502 e. The summed E-state index contributed by atoms with van der Waals surface area (Å²) in [6.07, 6.45) is 0. The number of nitro groups is 1. The predicted molar refractivity (Wildman–Crippen MR) is 111 cm³/mol. The number of fused-ring (bicyclic) bond motifs is 1. The van der Waals surface area contributed by atoms with E-state index < -0.39 is 10.8 Å². The van der Waals surface area contributed by atoms with Gasteiger partial charge < -0.3 is 25.1 Å². The minimum absolute atomic E-state index is 0.0976. The Morgan fingerprint density at radius 1 is 1.28 bits per heavy atom. The Labute approximate surface area is 181 Å². The van der Waals surface area contributed by atoms with E-state index in [0.29, 0.717) is 22.4 Å². The van der Waals surface area contributed by atoms with E-state index in [-0.39, 0.29) is 40.3 Å². The lowest BCUT2D eigenvalue weighted by Gasteiger charge is -2.25. The Morgan fingerprint density at radius 3 is 2.56 bits per heavy atom. The van der Waals surface area contributed by atoms with E-state index in [4.69, 9.17) is 19.9 Å². The van der Waals surface area contributed by atoms with Crippen LogP contribution in [0.1, 0.15) is 17.0 Å². The van der Waals surface area contributed by atoms with Crippen molar-refractivity contribution in [2.24, 2.45) is 5.73 Å². The molecule has 0 amide bonds. The van der Waals surface area contributed by atoms with Crippen molar-refractivity contribution < 1.29 is 24.2 Å². The number of nitrogens with two attached hydrogens (primary N) is 1. The third kappa shape index (κ3) is 3.20. The summed E-state index contributed by atoms with van der Waals surface area (Å²) in [6, 6.07) is 11.1. The van der Waals surface area contributed by atoms with Crippen molar-refractivity contribution in [1.29, 1.82) is 5.26 Å². The van der Waals surface area contributed by atoms with E-state index in [1.54, 1.807) is 24.3 Å². The molecule has 0 aliphatic carbocycles. The van der Waals surface area contributed by atoms with Crippen LogP contribution < -0.4 is 19.9 Å². The average Bonchev–Trinajstić information content (AvgIpc) is 3.21. The minimum atomic E-state index is -0.778. The fourth-order valence-electron chi connectivity index (χ4n) is 3.65. The van der Waals surface area contributed by atoms with Gasteiger partial charge in [0.15, 0.2) is 11.5 Å². The Hall–Kier alpha value is -4.72. The molecule has 1 aromatic heterocycles. The summed E-state index contributed by atoms with van der Waals surface area (Å²) in [5, 5.41) is 38.4. The van der Waals surface area contributed by atoms with Crippen LogP contribution in [0.3, 0.4) is 0 Å². The number of aromatic nitrogens is 2. The van der Waals surface area contributed by atoms with Gasteiger partial charge in [-0.1, -0.05) is 12.1 Å². The van der Waals surface area contributed by atoms with E-state index in [9.17, 15) is 20.5 Å². The lowest BCUT2D eigenvalue weighted by Crippen LogP contribution is -2.21. The molecule has 0 bridgehead atoms. The van der Waals surface area contributed by atoms with Crippen LogP contribution in [-0.4, -0.2) is 34.4 Å². The van der Waals surface area contributed by atoms with Crippen molar-refractivity contribution in [1.82, 2.24) is 10.2 Å². The number of ether oxygens (including phenoxy) is 3. The van der Waals surface area contributed by atoms with Crippen LogP contribution in [0.25, 0.3) is 11.3 Å². The summed E-state index contributed by atoms with van der Waals surface area (Å²) >= 11 is 0. The van der Waals surface area contributed by atoms with Gasteiger partial charge in [-0.2, -0.15) is 5.26 Å². The number of nitrogens with zero attached hydrogens (tertiary/aromatic N) is 3. The van der Waals surface area contributed by atoms with E-state index in [2.05, 4.69) is 16.3 Å². The van der Waals surface area contributed by atoms with Crippen LogP contribution in [0.2, 0.25) is 0 Å². The van der Waals surface area contributed by atoms with Crippen LogP contribution in [-0.2, 0) is 0 Å².